The van der Waals surface area contributed by atoms with E-state index in [-0.39, 0.29) is 11.2 Å². The van der Waals surface area contributed by atoms with Crippen molar-refractivity contribution in [1.82, 2.24) is 19.9 Å². The number of benzene rings is 1. The van der Waals surface area contributed by atoms with Crippen LogP contribution in [-0.4, -0.2) is 33.0 Å². The predicted molar refractivity (Wildman–Crippen MR) is 133 cm³/mol. The lowest BCUT2D eigenvalue weighted by molar-refractivity contribution is 0.232. The highest BCUT2D eigenvalue weighted by Gasteiger charge is 2.40. The number of nitrogens with two attached hydrogens (primary N) is 1. The molecule has 6 nitrogen and oxygen atoms in total. The minimum atomic E-state index is -0.136. The number of hydrogen-bond acceptors (Lipinski definition) is 7. The molecule has 0 saturated carbocycles. The average Bonchev–Trinajstić information content (AvgIpc) is 3.19. The summed E-state index contributed by atoms with van der Waals surface area (Å²) in [7, 11) is 0. The summed E-state index contributed by atoms with van der Waals surface area (Å²) in [6, 6.07) is 10.9. The van der Waals surface area contributed by atoms with Crippen LogP contribution in [-0.2, 0) is 12.8 Å². The van der Waals surface area contributed by atoms with Crippen LogP contribution in [0.2, 0.25) is 5.02 Å². The van der Waals surface area contributed by atoms with Crippen LogP contribution in [0.1, 0.15) is 24.0 Å². The first-order valence-corrected chi connectivity index (χ1v) is 12.4. The van der Waals surface area contributed by atoms with E-state index in [4.69, 9.17) is 22.3 Å². The van der Waals surface area contributed by atoms with Gasteiger partial charge in [0.1, 0.15) is 28.0 Å². The molecule has 0 unspecified atom stereocenters. The van der Waals surface area contributed by atoms with Gasteiger partial charge < -0.3 is 10.6 Å². The van der Waals surface area contributed by atoms with Crippen LogP contribution in [0.3, 0.4) is 0 Å². The van der Waals surface area contributed by atoms with Crippen molar-refractivity contribution in [2.45, 2.75) is 35.6 Å². The lowest BCUT2D eigenvalue weighted by Gasteiger charge is -2.39. The van der Waals surface area contributed by atoms with Gasteiger partial charge in [-0.1, -0.05) is 29.4 Å². The SMILES string of the molecule is Nc1nccc(Sc2ccc3nc(N4CCC5(CC4)Cc4ccc(F)cc4C5)cnc3n2)c1Cl. The Morgan fingerprint density at radius 3 is 2.68 bits per heavy atom. The van der Waals surface area contributed by atoms with Gasteiger partial charge in [0.25, 0.3) is 0 Å². The molecule has 2 N–H and O–H groups in total. The Hall–Kier alpha value is -2.97. The highest BCUT2D eigenvalue weighted by Crippen LogP contribution is 2.45. The van der Waals surface area contributed by atoms with Gasteiger partial charge in [-0.05, 0) is 72.6 Å². The molecule has 0 amide bonds. The van der Waals surface area contributed by atoms with Crippen molar-refractivity contribution in [1.29, 1.82) is 0 Å². The molecule has 0 radical (unpaired) electrons. The molecule has 0 bridgehead atoms. The summed E-state index contributed by atoms with van der Waals surface area (Å²) >= 11 is 7.68. The van der Waals surface area contributed by atoms with E-state index < -0.39 is 0 Å². The number of piperidine rings is 1. The molecule has 4 aromatic rings. The standard InChI is InChI=1S/C25H22ClFN6S/c26-22-19(5-8-29-23(22)28)34-21-4-3-18-24(32-21)30-14-20(31-18)33-9-6-25(7-10-33)12-15-1-2-17(27)11-16(15)13-25/h1-5,8,11,14H,6-7,9-10,12-13H2,(H2,28,29). The third kappa shape index (κ3) is 3.95. The first-order valence-electron chi connectivity index (χ1n) is 11.2. The molecule has 34 heavy (non-hydrogen) atoms. The molecular formula is C25H22ClFN6S. The van der Waals surface area contributed by atoms with E-state index in [2.05, 4.69) is 19.9 Å². The molecule has 1 spiro atoms. The number of fused-ring (bicyclic) bond motifs is 2. The number of aromatic nitrogens is 4. The molecule has 2 aliphatic rings. The van der Waals surface area contributed by atoms with Crippen molar-refractivity contribution in [2.75, 3.05) is 23.7 Å². The van der Waals surface area contributed by atoms with Crippen LogP contribution < -0.4 is 10.6 Å². The van der Waals surface area contributed by atoms with Gasteiger partial charge in [0.2, 0.25) is 0 Å². The Morgan fingerprint density at radius 2 is 1.82 bits per heavy atom. The van der Waals surface area contributed by atoms with Crippen molar-refractivity contribution >= 4 is 46.2 Å². The first-order chi connectivity index (χ1) is 16.5. The minimum Gasteiger partial charge on any atom is -0.382 e. The molecule has 9 heteroatoms. The number of anilines is 2. The smallest absolute Gasteiger partial charge is 0.179 e. The van der Waals surface area contributed by atoms with Gasteiger partial charge in [-0.25, -0.2) is 24.3 Å². The molecule has 1 fully saturated rings. The summed E-state index contributed by atoms with van der Waals surface area (Å²) in [5.74, 6) is 1.03. The maximum atomic E-state index is 13.7. The summed E-state index contributed by atoms with van der Waals surface area (Å²) in [5, 5.41) is 1.19. The zero-order valence-corrected chi connectivity index (χ0v) is 19.9. The zero-order valence-electron chi connectivity index (χ0n) is 18.3. The van der Waals surface area contributed by atoms with Gasteiger partial charge >= 0.3 is 0 Å². The third-order valence-corrected chi connectivity index (χ3v) is 8.41. The number of pyridine rings is 2. The molecule has 3 aromatic heterocycles. The van der Waals surface area contributed by atoms with Gasteiger partial charge in [0, 0.05) is 24.2 Å². The van der Waals surface area contributed by atoms with Gasteiger partial charge in [-0.2, -0.15) is 0 Å². The molecule has 1 aliphatic heterocycles. The Kier molecular flexibility index (Phi) is 5.30. The maximum Gasteiger partial charge on any atom is 0.179 e. The molecule has 1 aliphatic carbocycles. The lowest BCUT2D eigenvalue weighted by Crippen LogP contribution is -2.41. The number of hydrogen-bond donors (Lipinski definition) is 1. The van der Waals surface area contributed by atoms with Crippen LogP contribution in [0.4, 0.5) is 16.0 Å². The van der Waals surface area contributed by atoms with Crippen molar-refractivity contribution in [3.63, 3.8) is 0 Å². The van der Waals surface area contributed by atoms with E-state index in [9.17, 15) is 4.39 Å². The fourth-order valence-electron chi connectivity index (χ4n) is 5.08. The summed E-state index contributed by atoms with van der Waals surface area (Å²) in [5.41, 5.74) is 9.86. The van der Waals surface area contributed by atoms with Crippen molar-refractivity contribution in [3.8, 4) is 0 Å². The normalized spacial score (nSPS) is 16.8. The molecule has 6 rings (SSSR count). The van der Waals surface area contributed by atoms with E-state index in [0.29, 0.717) is 16.5 Å². The fourth-order valence-corrected chi connectivity index (χ4v) is 6.13. The van der Waals surface area contributed by atoms with Gasteiger partial charge in [0.05, 0.1) is 11.2 Å². The van der Waals surface area contributed by atoms with Gasteiger partial charge in [0.15, 0.2) is 5.65 Å². The van der Waals surface area contributed by atoms with Crippen LogP contribution in [0.5, 0.6) is 0 Å². The van der Waals surface area contributed by atoms with E-state index in [1.165, 1.54) is 22.9 Å². The predicted octanol–water partition coefficient (Wildman–Crippen LogP) is 5.33. The topological polar surface area (TPSA) is 80.8 Å². The largest absolute Gasteiger partial charge is 0.382 e. The third-order valence-electron chi connectivity index (χ3n) is 6.91. The number of nitrogens with zero attached hydrogens (tertiary/aromatic N) is 5. The van der Waals surface area contributed by atoms with Crippen molar-refractivity contribution in [3.05, 3.63) is 70.8 Å². The molecule has 172 valence electrons. The number of halogens is 2. The van der Waals surface area contributed by atoms with E-state index in [1.807, 2.05) is 24.3 Å². The van der Waals surface area contributed by atoms with Gasteiger partial charge in [-0.3, -0.25) is 0 Å². The van der Waals surface area contributed by atoms with Crippen LogP contribution >= 0.6 is 23.4 Å². The van der Waals surface area contributed by atoms with Crippen LogP contribution in [0.15, 0.2) is 58.7 Å². The Labute approximate surface area is 205 Å². The molecule has 1 aromatic carbocycles. The molecule has 4 heterocycles. The first kappa shape index (κ1) is 21.6. The van der Waals surface area contributed by atoms with Crippen molar-refractivity contribution < 1.29 is 4.39 Å². The molecule has 1 saturated heterocycles. The van der Waals surface area contributed by atoms with Crippen LogP contribution in [0.25, 0.3) is 11.2 Å². The lowest BCUT2D eigenvalue weighted by atomic mass is 9.76. The second kappa shape index (κ2) is 8.36. The average molecular weight is 493 g/mol. The highest BCUT2D eigenvalue weighted by molar-refractivity contribution is 7.99. The number of rotatable bonds is 3. The van der Waals surface area contributed by atoms with Crippen LogP contribution in [0, 0.1) is 11.2 Å². The Bertz CT molecular complexity index is 1410. The molecule has 0 atom stereocenters. The summed E-state index contributed by atoms with van der Waals surface area (Å²) in [6.07, 6.45) is 7.56. The molecular weight excluding hydrogens is 471 g/mol. The second-order valence-corrected chi connectivity index (χ2v) is 10.5. The van der Waals surface area contributed by atoms with Gasteiger partial charge in [-0.15, -0.1) is 0 Å². The fraction of sp³-hybridized carbons (Fsp3) is 0.280. The van der Waals surface area contributed by atoms with E-state index in [1.54, 1.807) is 24.5 Å². The monoisotopic (exact) mass is 492 g/mol. The van der Waals surface area contributed by atoms with Crippen molar-refractivity contribution in [2.24, 2.45) is 5.41 Å². The summed E-state index contributed by atoms with van der Waals surface area (Å²) < 4.78 is 13.7. The van der Waals surface area contributed by atoms with E-state index in [0.717, 1.165) is 60.0 Å². The minimum absolute atomic E-state index is 0.136. The quantitative estimate of drug-likeness (QED) is 0.414. The highest BCUT2D eigenvalue weighted by atomic mass is 35.5. The number of nitrogen functional groups attached to an aromatic ring is 1. The second-order valence-electron chi connectivity index (χ2n) is 9.08. The van der Waals surface area contributed by atoms with E-state index >= 15 is 0 Å². The Balaban J connectivity index is 1.16. The zero-order chi connectivity index (χ0) is 23.3. The maximum absolute atomic E-state index is 13.7. The Morgan fingerprint density at radius 1 is 1.00 bits per heavy atom. The summed E-state index contributed by atoms with van der Waals surface area (Å²) in [6.45, 7) is 1.83. The summed E-state index contributed by atoms with van der Waals surface area (Å²) in [4.78, 5) is 21.1.